The van der Waals surface area contributed by atoms with Crippen LogP contribution in [-0.2, 0) is 6.42 Å². The number of H-pyrrole nitrogens is 2. The van der Waals surface area contributed by atoms with E-state index in [9.17, 15) is 13.6 Å². The number of rotatable bonds is 5. The summed E-state index contributed by atoms with van der Waals surface area (Å²) in [5.74, 6) is 0.0169. The highest BCUT2D eigenvalue weighted by Crippen LogP contribution is 2.27. The van der Waals surface area contributed by atoms with Gasteiger partial charge in [0.15, 0.2) is 5.69 Å². The second kappa shape index (κ2) is 8.97. The van der Waals surface area contributed by atoms with Gasteiger partial charge < -0.3 is 9.88 Å². The molecular formula is C25H23F2N5O. The second-order valence-electron chi connectivity index (χ2n) is 8.26. The third-order valence-electron chi connectivity index (χ3n) is 6.10. The van der Waals surface area contributed by atoms with Crippen molar-refractivity contribution in [2.45, 2.75) is 31.7 Å². The molecule has 0 bridgehead atoms. The zero-order chi connectivity index (χ0) is 22.8. The molecule has 0 radical (unpaired) electrons. The zero-order valence-corrected chi connectivity index (χ0v) is 17.9. The van der Waals surface area contributed by atoms with E-state index < -0.39 is 0 Å². The molecule has 1 saturated heterocycles. The van der Waals surface area contributed by atoms with E-state index in [2.05, 4.69) is 20.2 Å². The van der Waals surface area contributed by atoms with Gasteiger partial charge >= 0.3 is 0 Å². The fourth-order valence-electron chi connectivity index (χ4n) is 4.38. The SMILES string of the molecule is O=C(c1n[nH]cc1-c1ccc(F)cc1)N1CCCC[C@H]1Cc1ncc(-c2ccc(F)cc2)[nH]1. The smallest absolute Gasteiger partial charge is 0.275 e. The third kappa shape index (κ3) is 4.41. The van der Waals surface area contributed by atoms with Gasteiger partial charge in [-0.25, -0.2) is 13.8 Å². The molecule has 0 saturated carbocycles. The van der Waals surface area contributed by atoms with E-state index in [0.29, 0.717) is 24.2 Å². The Morgan fingerprint density at radius 2 is 1.70 bits per heavy atom. The summed E-state index contributed by atoms with van der Waals surface area (Å²) in [5, 5.41) is 7.00. The Balaban J connectivity index is 1.36. The van der Waals surface area contributed by atoms with Crippen LogP contribution in [0.15, 0.2) is 60.9 Å². The molecule has 33 heavy (non-hydrogen) atoms. The van der Waals surface area contributed by atoms with E-state index in [-0.39, 0.29) is 23.6 Å². The van der Waals surface area contributed by atoms with Crippen LogP contribution in [0.5, 0.6) is 0 Å². The molecule has 6 nitrogen and oxygen atoms in total. The maximum Gasteiger partial charge on any atom is 0.275 e. The molecule has 3 heterocycles. The lowest BCUT2D eigenvalue weighted by Crippen LogP contribution is -2.45. The predicted molar refractivity (Wildman–Crippen MR) is 120 cm³/mol. The van der Waals surface area contributed by atoms with Crippen molar-refractivity contribution in [3.05, 3.63) is 84.1 Å². The molecule has 0 unspecified atom stereocenters. The number of carbonyl (C=O) groups is 1. The fourth-order valence-corrected chi connectivity index (χ4v) is 4.38. The highest BCUT2D eigenvalue weighted by molar-refractivity contribution is 5.99. The van der Waals surface area contributed by atoms with Gasteiger partial charge in [0.05, 0.1) is 11.9 Å². The van der Waals surface area contributed by atoms with E-state index in [1.54, 1.807) is 36.7 Å². The van der Waals surface area contributed by atoms with Gasteiger partial charge in [0, 0.05) is 30.8 Å². The maximum absolute atomic E-state index is 13.5. The molecule has 0 aliphatic carbocycles. The first kappa shape index (κ1) is 21.1. The number of hydrogen-bond acceptors (Lipinski definition) is 3. The normalized spacial score (nSPS) is 16.2. The molecule has 168 valence electrons. The number of nitrogens with one attached hydrogen (secondary N) is 2. The standard InChI is InChI=1S/C25H23F2N5O/c26-18-8-4-16(5-9-18)21-14-29-31-24(21)25(33)32-12-2-1-3-20(32)13-23-28-15-22(30-23)17-6-10-19(27)11-7-17/h4-11,14-15,20H,1-3,12-13H2,(H,28,30)(H,29,31)/t20-/m0/s1. The summed E-state index contributed by atoms with van der Waals surface area (Å²) in [5.41, 5.74) is 3.38. The van der Waals surface area contributed by atoms with Crippen LogP contribution < -0.4 is 0 Å². The van der Waals surface area contributed by atoms with E-state index >= 15 is 0 Å². The monoisotopic (exact) mass is 447 g/mol. The van der Waals surface area contributed by atoms with Gasteiger partial charge in [-0.15, -0.1) is 0 Å². The number of piperidine rings is 1. The Bertz CT molecular complexity index is 1250. The third-order valence-corrected chi connectivity index (χ3v) is 6.10. The van der Waals surface area contributed by atoms with Crippen LogP contribution in [0.3, 0.4) is 0 Å². The van der Waals surface area contributed by atoms with Crippen molar-refractivity contribution in [1.29, 1.82) is 0 Å². The van der Waals surface area contributed by atoms with Crippen LogP contribution in [0.1, 0.15) is 35.6 Å². The van der Waals surface area contributed by atoms with Crippen molar-refractivity contribution in [3.63, 3.8) is 0 Å². The first-order valence-corrected chi connectivity index (χ1v) is 11.0. The van der Waals surface area contributed by atoms with Crippen LogP contribution in [0.2, 0.25) is 0 Å². The van der Waals surface area contributed by atoms with Crippen LogP contribution >= 0.6 is 0 Å². The zero-order valence-electron chi connectivity index (χ0n) is 17.9. The summed E-state index contributed by atoms with van der Waals surface area (Å²) in [4.78, 5) is 23.2. The van der Waals surface area contributed by atoms with Gasteiger partial charge in [0.1, 0.15) is 17.5 Å². The number of amides is 1. The summed E-state index contributed by atoms with van der Waals surface area (Å²) < 4.78 is 26.6. The van der Waals surface area contributed by atoms with E-state index in [1.807, 2.05) is 4.90 Å². The molecule has 1 amide bonds. The van der Waals surface area contributed by atoms with Crippen molar-refractivity contribution in [2.75, 3.05) is 6.54 Å². The lowest BCUT2D eigenvalue weighted by Gasteiger charge is -2.35. The fraction of sp³-hybridized carbons (Fsp3) is 0.240. The molecule has 4 aromatic rings. The summed E-state index contributed by atoms with van der Waals surface area (Å²) in [6.07, 6.45) is 6.82. The number of likely N-dealkylation sites (tertiary alicyclic amines) is 1. The summed E-state index contributed by atoms with van der Waals surface area (Å²) >= 11 is 0. The van der Waals surface area contributed by atoms with Gasteiger partial charge in [-0.05, 0) is 66.8 Å². The first-order chi connectivity index (χ1) is 16.1. The summed E-state index contributed by atoms with van der Waals surface area (Å²) in [7, 11) is 0. The number of hydrogen-bond donors (Lipinski definition) is 2. The van der Waals surface area contributed by atoms with Crippen molar-refractivity contribution < 1.29 is 13.6 Å². The number of nitrogens with zero attached hydrogens (tertiary/aromatic N) is 3. The molecule has 1 aliphatic heterocycles. The summed E-state index contributed by atoms with van der Waals surface area (Å²) in [6, 6.07) is 12.3. The minimum Gasteiger partial charge on any atom is -0.342 e. The minimum atomic E-state index is -0.329. The average Bonchev–Trinajstić information content (AvgIpc) is 3.50. The van der Waals surface area contributed by atoms with Gasteiger partial charge in [0.2, 0.25) is 0 Å². The Morgan fingerprint density at radius 1 is 1.00 bits per heavy atom. The van der Waals surface area contributed by atoms with Crippen LogP contribution in [-0.4, -0.2) is 43.6 Å². The number of imidazole rings is 1. The molecule has 0 spiro atoms. The topological polar surface area (TPSA) is 77.7 Å². The number of carbonyl (C=O) groups excluding carboxylic acids is 1. The van der Waals surface area contributed by atoms with E-state index in [1.165, 1.54) is 24.3 Å². The second-order valence-corrected chi connectivity index (χ2v) is 8.26. The molecule has 2 aromatic carbocycles. The molecular weight excluding hydrogens is 424 g/mol. The Hall–Kier alpha value is -3.81. The number of benzene rings is 2. The predicted octanol–water partition coefficient (Wildman–Crippen LogP) is 4.98. The number of aromatic nitrogens is 4. The van der Waals surface area contributed by atoms with Crippen molar-refractivity contribution >= 4 is 5.91 Å². The summed E-state index contributed by atoms with van der Waals surface area (Å²) in [6.45, 7) is 0.644. The molecule has 2 N–H and O–H groups in total. The van der Waals surface area contributed by atoms with Crippen molar-refractivity contribution in [1.82, 2.24) is 25.1 Å². The highest BCUT2D eigenvalue weighted by atomic mass is 19.1. The number of halogens is 2. The molecule has 1 atom stereocenters. The molecule has 2 aromatic heterocycles. The van der Waals surface area contributed by atoms with Gasteiger partial charge in [-0.3, -0.25) is 9.89 Å². The molecule has 5 rings (SSSR count). The van der Waals surface area contributed by atoms with Crippen molar-refractivity contribution in [2.24, 2.45) is 0 Å². The molecule has 1 aliphatic rings. The maximum atomic E-state index is 13.5. The van der Waals surface area contributed by atoms with Crippen LogP contribution in [0, 0.1) is 11.6 Å². The quantitative estimate of drug-likeness (QED) is 0.453. The molecule has 1 fully saturated rings. The van der Waals surface area contributed by atoms with Crippen LogP contribution in [0.4, 0.5) is 8.78 Å². The van der Waals surface area contributed by atoms with E-state index in [0.717, 1.165) is 41.9 Å². The van der Waals surface area contributed by atoms with Gasteiger partial charge in [-0.1, -0.05) is 12.1 Å². The molecule has 8 heteroatoms. The number of aromatic amines is 2. The first-order valence-electron chi connectivity index (χ1n) is 11.0. The van der Waals surface area contributed by atoms with Crippen molar-refractivity contribution in [3.8, 4) is 22.4 Å². The highest BCUT2D eigenvalue weighted by Gasteiger charge is 2.31. The Kier molecular flexibility index (Phi) is 5.73. The lowest BCUT2D eigenvalue weighted by atomic mass is 9.97. The van der Waals surface area contributed by atoms with E-state index in [4.69, 9.17) is 0 Å². The van der Waals surface area contributed by atoms with Gasteiger partial charge in [-0.2, -0.15) is 5.10 Å². The minimum absolute atomic E-state index is 0.0174. The average molecular weight is 447 g/mol. The Labute approximate surface area is 189 Å². The van der Waals surface area contributed by atoms with Crippen LogP contribution in [0.25, 0.3) is 22.4 Å². The largest absolute Gasteiger partial charge is 0.342 e. The lowest BCUT2D eigenvalue weighted by molar-refractivity contribution is 0.0606. The Morgan fingerprint density at radius 3 is 2.42 bits per heavy atom. The van der Waals surface area contributed by atoms with Gasteiger partial charge in [0.25, 0.3) is 5.91 Å².